The summed E-state index contributed by atoms with van der Waals surface area (Å²) in [7, 11) is 0. The summed E-state index contributed by atoms with van der Waals surface area (Å²) in [5, 5.41) is 6.05. The number of carbonyl (C=O) groups is 1. The van der Waals surface area contributed by atoms with Crippen LogP contribution in [0.4, 0.5) is 11.4 Å². The van der Waals surface area contributed by atoms with Crippen LogP contribution in [-0.2, 0) is 4.79 Å². The van der Waals surface area contributed by atoms with Crippen molar-refractivity contribution in [3.63, 3.8) is 0 Å². The van der Waals surface area contributed by atoms with E-state index in [1.165, 1.54) is 0 Å². The lowest BCUT2D eigenvalue weighted by Gasteiger charge is -2.14. The van der Waals surface area contributed by atoms with Gasteiger partial charge in [0.25, 0.3) is 0 Å². The molecular weight excluding hydrogens is 218 g/mol. The molecule has 0 aliphatic carbocycles. The van der Waals surface area contributed by atoms with Gasteiger partial charge in [-0.25, -0.2) is 0 Å². The van der Waals surface area contributed by atoms with E-state index in [1.54, 1.807) is 6.07 Å². The fourth-order valence-electron chi connectivity index (χ4n) is 1.90. The van der Waals surface area contributed by atoms with Crippen molar-refractivity contribution in [3.05, 3.63) is 18.2 Å². The van der Waals surface area contributed by atoms with Gasteiger partial charge in [0.1, 0.15) is 5.75 Å². The maximum atomic E-state index is 11.1. The monoisotopic (exact) mass is 235 g/mol. The number of rotatable bonds is 4. The maximum Gasteiger partial charge on any atom is 0.222 e. The highest BCUT2D eigenvalue weighted by atomic mass is 16.5. The highest BCUT2D eigenvalue weighted by Crippen LogP contribution is 2.23. The van der Waals surface area contributed by atoms with Crippen molar-refractivity contribution >= 4 is 17.3 Å². The number of anilines is 2. The van der Waals surface area contributed by atoms with E-state index in [9.17, 15) is 4.79 Å². The molecule has 0 bridgehead atoms. The average Bonchev–Trinajstić information content (AvgIpc) is 2.63. The van der Waals surface area contributed by atoms with Gasteiger partial charge in [0.05, 0.1) is 12.6 Å². The molecule has 5 nitrogen and oxygen atoms in total. The molecule has 1 fully saturated rings. The lowest BCUT2D eigenvalue weighted by atomic mass is 10.2. The molecule has 1 aliphatic rings. The van der Waals surface area contributed by atoms with Gasteiger partial charge in [-0.1, -0.05) is 0 Å². The first-order valence-electron chi connectivity index (χ1n) is 5.74. The van der Waals surface area contributed by atoms with Crippen molar-refractivity contribution in [2.24, 2.45) is 0 Å². The predicted molar refractivity (Wildman–Crippen MR) is 67.1 cm³/mol. The molecule has 5 heteroatoms. The third-order valence-corrected chi connectivity index (χ3v) is 2.59. The third kappa shape index (κ3) is 3.03. The van der Waals surface area contributed by atoms with Crippen LogP contribution in [0.5, 0.6) is 5.75 Å². The Bertz CT molecular complexity index is 420. The first-order chi connectivity index (χ1) is 8.17. The third-order valence-electron chi connectivity index (χ3n) is 2.59. The summed E-state index contributed by atoms with van der Waals surface area (Å²) in [6.07, 6.45) is 0.499. The minimum absolute atomic E-state index is 0.0800. The Labute approximate surface area is 100 Å². The Kier molecular flexibility index (Phi) is 3.37. The molecule has 1 aliphatic heterocycles. The van der Waals surface area contributed by atoms with Gasteiger partial charge >= 0.3 is 0 Å². The van der Waals surface area contributed by atoms with Crippen LogP contribution in [0.3, 0.4) is 0 Å². The SMILES string of the molecule is CCOc1cc(N)cc(NC2CNC(=O)C2)c1. The maximum absolute atomic E-state index is 11.1. The Hall–Kier alpha value is -1.91. The van der Waals surface area contributed by atoms with E-state index < -0.39 is 0 Å². The second-order valence-corrected chi connectivity index (χ2v) is 4.07. The fourth-order valence-corrected chi connectivity index (χ4v) is 1.90. The van der Waals surface area contributed by atoms with Crippen LogP contribution in [0, 0.1) is 0 Å². The van der Waals surface area contributed by atoms with Crippen LogP contribution in [-0.4, -0.2) is 25.1 Å². The van der Waals surface area contributed by atoms with Crippen LogP contribution in [0.25, 0.3) is 0 Å². The zero-order chi connectivity index (χ0) is 12.3. The smallest absolute Gasteiger partial charge is 0.222 e. The topological polar surface area (TPSA) is 76.4 Å². The summed E-state index contributed by atoms with van der Waals surface area (Å²) in [6, 6.07) is 5.64. The normalized spacial score (nSPS) is 18.9. The van der Waals surface area contributed by atoms with Gasteiger partial charge in [0.15, 0.2) is 0 Å². The zero-order valence-corrected chi connectivity index (χ0v) is 9.82. The Morgan fingerprint density at radius 3 is 3.00 bits per heavy atom. The van der Waals surface area contributed by atoms with Crippen molar-refractivity contribution in [1.82, 2.24) is 5.32 Å². The molecule has 0 spiro atoms. The number of benzene rings is 1. The molecule has 0 radical (unpaired) electrons. The Morgan fingerprint density at radius 2 is 2.35 bits per heavy atom. The number of amides is 1. The molecule has 92 valence electrons. The molecule has 0 saturated carbocycles. The summed E-state index contributed by atoms with van der Waals surface area (Å²) in [6.45, 7) is 3.18. The van der Waals surface area contributed by atoms with Crippen molar-refractivity contribution in [2.75, 3.05) is 24.2 Å². The summed E-state index contributed by atoms with van der Waals surface area (Å²) in [5.74, 6) is 0.823. The van der Waals surface area contributed by atoms with Crippen LogP contribution in [0.15, 0.2) is 18.2 Å². The fraction of sp³-hybridized carbons (Fsp3) is 0.417. The van der Waals surface area contributed by atoms with Gasteiger partial charge in [0, 0.05) is 36.5 Å². The van der Waals surface area contributed by atoms with Crippen LogP contribution in [0.2, 0.25) is 0 Å². The van der Waals surface area contributed by atoms with Gasteiger partial charge < -0.3 is 21.1 Å². The van der Waals surface area contributed by atoms with E-state index in [4.69, 9.17) is 10.5 Å². The van der Waals surface area contributed by atoms with Gasteiger partial charge in [-0.3, -0.25) is 4.79 Å². The van der Waals surface area contributed by atoms with E-state index in [0.717, 1.165) is 11.4 Å². The highest BCUT2D eigenvalue weighted by Gasteiger charge is 2.21. The first-order valence-corrected chi connectivity index (χ1v) is 5.74. The molecule has 1 unspecified atom stereocenters. The van der Waals surface area contributed by atoms with Gasteiger partial charge in [0.2, 0.25) is 5.91 Å². The Morgan fingerprint density at radius 1 is 1.53 bits per heavy atom. The number of nitrogens with one attached hydrogen (secondary N) is 2. The summed E-state index contributed by atoms with van der Waals surface area (Å²) in [5.41, 5.74) is 7.32. The number of ether oxygens (including phenoxy) is 1. The zero-order valence-electron chi connectivity index (χ0n) is 9.82. The molecule has 1 amide bonds. The number of nitrogen functional groups attached to an aromatic ring is 1. The van der Waals surface area contributed by atoms with Crippen molar-refractivity contribution in [1.29, 1.82) is 0 Å². The molecule has 1 saturated heterocycles. The van der Waals surface area contributed by atoms with Crippen LogP contribution in [0.1, 0.15) is 13.3 Å². The van der Waals surface area contributed by atoms with Crippen molar-refractivity contribution in [2.45, 2.75) is 19.4 Å². The minimum atomic E-state index is 0.0800. The molecule has 1 aromatic carbocycles. The van der Waals surface area contributed by atoms with Crippen molar-refractivity contribution < 1.29 is 9.53 Å². The predicted octanol–water partition coefficient (Wildman–Crippen LogP) is 0.968. The molecule has 2 rings (SSSR count). The van der Waals surface area contributed by atoms with E-state index in [0.29, 0.717) is 25.3 Å². The molecule has 0 aromatic heterocycles. The molecule has 1 atom stereocenters. The number of hydrogen-bond donors (Lipinski definition) is 3. The van der Waals surface area contributed by atoms with E-state index in [-0.39, 0.29) is 11.9 Å². The van der Waals surface area contributed by atoms with E-state index in [2.05, 4.69) is 10.6 Å². The molecule has 1 aromatic rings. The quantitative estimate of drug-likeness (QED) is 0.680. The van der Waals surface area contributed by atoms with Crippen LogP contribution < -0.4 is 21.1 Å². The van der Waals surface area contributed by atoms with E-state index in [1.807, 2.05) is 19.1 Å². The number of nitrogens with two attached hydrogens (primary N) is 1. The van der Waals surface area contributed by atoms with Gasteiger partial charge in [-0.05, 0) is 13.0 Å². The number of hydrogen-bond acceptors (Lipinski definition) is 4. The van der Waals surface area contributed by atoms with Crippen molar-refractivity contribution in [3.8, 4) is 5.75 Å². The minimum Gasteiger partial charge on any atom is -0.494 e. The largest absolute Gasteiger partial charge is 0.494 e. The van der Waals surface area contributed by atoms with Gasteiger partial charge in [-0.15, -0.1) is 0 Å². The average molecular weight is 235 g/mol. The summed E-state index contributed by atoms with van der Waals surface area (Å²) in [4.78, 5) is 11.1. The van der Waals surface area contributed by atoms with Gasteiger partial charge in [-0.2, -0.15) is 0 Å². The lowest BCUT2D eigenvalue weighted by Crippen LogP contribution is -2.22. The Balaban J connectivity index is 2.07. The lowest BCUT2D eigenvalue weighted by molar-refractivity contribution is -0.119. The summed E-state index contributed by atoms with van der Waals surface area (Å²) < 4.78 is 5.41. The second-order valence-electron chi connectivity index (χ2n) is 4.07. The van der Waals surface area contributed by atoms with E-state index >= 15 is 0 Å². The first kappa shape index (κ1) is 11.6. The highest BCUT2D eigenvalue weighted by molar-refractivity contribution is 5.79. The molecule has 1 heterocycles. The second kappa shape index (κ2) is 4.95. The number of carbonyl (C=O) groups excluding carboxylic acids is 1. The van der Waals surface area contributed by atoms with Crippen LogP contribution >= 0.6 is 0 Å². The standard InChI is InChI=1S/C12H17N3O2/c1-2-17-11-4-8(13)3-9(5-11)15-10-6-12(16)14-7-10/h3-5,10,15H,2,6-7,13H2,1H3,(H,14,16). The molecular formula is C12H17N3O2. The molecule has 17 heavy (non-hydrogen) atoms. The molecule has 4 N–H and O–H groups in total. The summed E-state index contributed by atoms with van der Waals surface area (Å²) >= 11 is 0.